The molecule has 0 fully saturated rings. The first-order valence-electron chi connectivity index (χ1n) is 5.72. The summed E-state index contributed by atoms with van der Waals surface area (Å²) in [6.07, 6.45) is 0.869. The number of hydrogen-bond donors (Lipinski definition) is 0. The van der Waals surface area contributed by atoms with Crippen LogP contribution in [0.1, 0.15) is 36.9 Å². The van der Waals surface area contributed by atoms with Crippen molar-refractivity contribution in [1.82, 2.24) is 0 Å². The van der Waals surface area contributed by atoms with Crippen LogP contribution < -0.4 is 4.74 Å². The molecule has 17 heavy (non-hydrogen) atoms. The maximum atomic E-state index is 11.3. The summed E-state index contributed by atoms with van der Waals surface area (Å²) in [5.74, 6) is 1.12. The van der Waals surface area contributed by atoms with Crippen molar-refractivity contribution >= 4 is 16.8 Å². The van der Waals surface area contributed by atoms with Gasteiger partial charge < -0.3 is 9.15 Å². The first kappa shape index (κ1) is 10.4. The molecule has 0 bridgehead atoms. The number of ether oxygens (including phenoxy) is 1. The van der Waals surface area contributed by atoms with Crippen molar-refractivity contribution in [2.75, 3.05) is 0 Å². The Morgan fingerprint density at radius 2 is 2.12 bits per heavy atom. The van der Waals surface area contributed by atoms with Gasteiger partial charge in [-0.25, -0.2) is 0 Å². The molecular formula is C14H14O3. The van der Waals surface area contributed by atoms with E-state index in [1.54, 1.807) is 6.07 Å². The molecule has 1 aromatic carbocycles. The average Bonchev–Trinajstić information content (AvgIpc) is 2.75. The van der Waals surface area contributed by atoms with Gasteiger partial charge in [0.05, 0.1) is 0 Å². The lowest BCUT2D eigenvalue weighted by Gasteiger charge is -2.16. The van der Waals surface area contributed by atoms with Gasteiger partial charge >= 0.3 is 0 Å². The Kier molecular flexibility index (Phi) is 1.91. The van der Waals surface area contributed by atoms with Gasteiger partial charge in [-0.3, -0.25) is 4.79 Å². The van der Waals surface area contributed by atoms with Crippen LogP contribution in [-0.4, -0.2) is 11.4 Å². The second-order valence-electron chi connectivity index (χ2n) is 5.18. The first-order chi connectivity index (χ1) is 7.96. The monoisotopic (exact) mass is 230 g/mol. The van der Waals surface area contributed by atoms with Crippen molar-refractivity contribution in [1.29, 1.82) is 0 Å². The Morgan fingerprint density at radius 3 is 2.82 bits per heavy atom. The van der Waals surface area contributed by atoms with Crippen molar-refractivity contribution in [3.63, 3.8) is 0 Å². The van der Waals surface area contributed by atoms with E-state index in [1.165, 1.54) is 6.92 Å². The number of hydrogen-bond acceptors (Lipinski definition) is 3. The lowest BCUT2D eigenvalue weighted by molar-refractivity contribution is 0.0989. The van der Waals surface area contributed by atoms with E-state index in [9.17, 15) is 4.79 Å². The Morgan fingerprint density at radius 1 is 1.35 bits per heavy atom. The first-order valence-corrected chi connectivity index (χ1v) is 5.72. The van der Waals surface area contributed by atoms with Crippen LogP contribution in [-0.2, 0) is 6.42 Å². The van der Waals surface area contributed by atoms with Crippen LogP contribution in [0.25, 0.3) is 11.0 Å². The molecule has 0 radical (unpaired) electrons. The van der Waals surface area contributed by atoms with Crippen molar-refractivity contribution < 1.29 is 13.9 Å². The fourth-order valence-corrected chi connectivity index (χ4v) is 2.31. The van der Waals surface area contributed by atoms with Crippen LogP contribution >= 0.6 is 0 Å². The van der Waals surface area contributed by atoms with E-state index in [4.69, 9.17) is 9.15 Å². The highest BCUT2D eigenvalue weighted by atomic mass is 16.5. The number of Topliss-reactive ketones (excluding diaryl/α,β-unsaturated/α-hetero) is 1. The van der Waals surface area contributed by atoms with Gasteiger partial charge in [0, 0.05) is 24.3 Å². The van der Waals surface area contributed by atoms with Crippen LogP contribution in [0.4, 0.5) is 0 Å². The third kappa shape index (κ3) is 1.54. The molecule has 88 valence electrons. The molecule has 2 aromatic rings. The average molecular weight is 230 g/mol. The fraction of sp³-hybridized carbons (Fsp3) is 0.357. The molecule has 3 heteroatoms. The van der Waals surface area contributed by atoms with Crippen molar-refractivity contribution in [3.05, 3.63) is 29.5 Å². The second-order valence-corrected chi connectivity index (χ2v) is 5.18. The zero-order valence-corrected chi connectivity index (χ0v) is 10.2. The van der Waals surface area contributed by atoms with Crippen molar-refractivity contribution in [3.8, 4) is 5.75 Å². The Hall–Kier alpha value is -1.77. The molecule has 0 aliphatic carbocycles. The predicted molar refractivity (Wildman–Crippen MR) is 64.6 cm³/mol. The number of ketones is 1. The van der Waals surface area contributed by atoms with Gasteiger partial charge in [-0.2, -0.15) is 0 Å². The van der Waals surface area contributed by atoms with Gasteiger partial charge in [0.2, 0.25) is 0 Å². The summed E-state index contributed by atoms with van der Waals surface area (Å²) in [4.78, 5) is 11.3. The van der Waals surface area contributed by atoms with E-state index in [1.807, 2.05) is 26.0 Å². The molecule has 3 rings (SSSR count). The number of furan rings is 1. The zero-order chi connectivity index (χ0) is 12.2. The summed E-state index contributed by atoms with van der Waals surface area (Å²) < 4.78 is 11.5. The minimum atomic E-state index is -0.195. The van der Waals surface area contributed by atoms with E-state index >= 15 is 0 Å². The normalized spacial score (nSPS) is 16.9. The van der Waals surface area contributed by atoms with Gasteiger partial charge in [-0.05, 0) is 19.9 Å². The van der Waals surface area contributed by atoms with Crippen LogP contribution in [0, 0.1) is 0 Å². The lowest BCUT2D eigenvalue weighted by Crippen LogP contribution is -2.24. The lowest BCUT2D eigenvalue weighted by atomic mass is 10.0. The molecule has 1 aromatic heterocycles. The third-order valence-electron chi connectivity index (χ3n) is 3.06. The maximum Gasteiger partial charge on any atom is 0.194 e. The fourth-order valence-electron chi connectivity index (χ4n) is 2.31. The second kappa shape index (κ2) is 3.13. The van der Waals surface area contributed by atoms with E-state index in [0.717, 1.165) is 23.1 Å². The Balaban J connectivity index is 2.23. The zero-order valence-electron chi connectivity index (χ0n) is 10.2. The quantitative estimate of drug-likeness (QED) is 0.705. The molecule has 0 amide bonds. The highest BCUT2D eigenvalue weighted by molar-refractivity contribution is 5.97. The highest BCUT2D eigenvalue weighted by Gasteiger charge is 2.32. The predicted octanol–water partition coefficient (Wildman–Crippen LogP) is 3.35. The molecule has 0 saturated heterocycles. The van der Waals surface area contributed by atoms with Gasteiger partial charge in [-0.1, -0.05) is 12.1 Å². The topological polar surface area (TPSA) is 39.4 Å². The van der Waals surface area contributed by atoms with Gasteiger partial charge in [0.1, 0.15) is 5.60 Å². The molecular weight excluding hydrogens is 216 g/mol. The number of carbonyl (C=O) groups excluding carboxylic acids is 1. The third-order valence-corrected chi connectivity index (χ3v) is 3.06. The van der Waals surface area contributed by atoms with E-state index in [0.29, 0.717) is 11.3 Å². The van der Waals surface area contributed by atoms with Crippen LogP contribution in [0.2, 0.25) is 0 Å². The highest BCUT2D eigenvalue weighted by Crippen LogP contribution is 2.41. The molecule has 3 nitrogen and oxygen atoms in total. The van der Waals surface area contributed by atoms with E-state index in [-0.39, 0.29) is 11.4 Å². The van der Waals surface area contributed by atoms with Crippen LogP contribution in [0.5, 0.6) is 5.75 Å². The molecule has 1 aliphatic rings. The van der Waals surface area contributed by atoms with Gasteiger partial charge in [0.15, 0.2) is 22.9 Å². The molecule has 0 saturated carbocycles. The van der Waals surface area contributed by atoms with Crippen molar-refractivity contribution in [2.45, 2.75) is 32.8 Å². The SMILES string of the molecule is CC(=O)c1cc2ccc3c(c2o1)OC(C)(C)C3. The summed E-state index contributed by atoms with van der Waals surface area (Å²) in [6.45, 7) is 5.60. The summed E-state index contributed by atoms with van der Waals surface area (Å²) >= 11 is 0. The molecule has 0 spiro atoms. The number of fused-ring (bicyclic) bond motifs is 3. The summed E-state index contributed by atoms with van der Waals surface area (Å²) in [7, 11) is 0. The molecule has 0 atom stereocenters. The summed E-state index contributed by atoms with van der Waals surface area (Å²) in [5, 5.41) is 0.923. The minimum absolute atomic E-state index is 0.0628. The Bertz CT molecular complexity index is 620. The van der Waals surface area contributed by atoms with Gasteiger partial charge in [0.25, 0.3) is 0 Å². The van der Waals surface area contributed by atoms with Crippen LogP contribution in [0.15, 0.2) is 22.6 Å². The standard InChI is InChI=1S/C14H14O3/c1-8(15)11-6-9-4-5-10-7-14(2,3)17-13(10)12(9)16-11/h4-6H,7H2,1-3H3. The molecule has 1 aliphatic heterocycles. The number of rotatable bonds is 1. The number of benzene rings is 1. The molecule has 2 heterocycles. The summed E-state index contributed by atoms with van der Waals surface area (Å²) in [5.41, 5.74) is 1.64. The van der Waals surface area contributed by atoms with Crippen LogP contribution in [0.3, 0.4) is 0 Å². The van der Waals surface area contributed by atoms with Gasteiger partial charge in [-0.15, -0.1) is 0 Å². The minimum Gasteiger partial charge on any atom is -0.483 e. The molecule has 0 unspecified atom stereocenters. The van der Waals surface area contributed by atoms with E-state index < -0.39 is 0 Å². The van der Waals surface area contributed by atoms with E-state index in [2.05, 4.69) is 0 Å². The largest absolute Gasteiger partial charge is 0.483 e. The summed E-state index contributed by atoms with van der Waals surface area (Å²) in [6, 6.07) is 5.80. The Labute approximate surface area is 99.4 Å². The molecule has 0 N–H and O–H groups in total. The van der Waals surface area contributed by atoms with Crippen molar-refractivity contribution in [2.24, 2.45) is 0 Å². The maximum absolute atomic E-state index is 11.3. The number of carbonyl (C=O) groups is 1. The smallest absolute Gasteiger partial charge is 0.194 e.